The van der Waals surface area contributed by atoms with E-state index in [1.807, 2.05) is 36.4 Å². The highest BCUT2D eigenvalue weighted by Gasteiger charge is 2.26. The Kier molecular flexibility index (Phi) is 10.1. The van der Waals surface area contributed by atoms with Gasteiger partial charge in [0.05, 0.1) is 12.5 Å². The molecule has 1 atom stereocenters. The molecule has 0 radical (unpaired) electrons. The average Bonchev–Trinajstić information content (AvgIpc) is 2.75. The van der Waals surface area contributed by atoms with Crippen LogP contribution in [0.3, 0.4) is 0 Å². The number of nitrogens with one attached hydrogen (secondary N) is 1. The predicted molar refractivity (Wildman–Crippen MR) is 126 cm³/mol. The Balaban J connectivity index is 1.92. The summed E-state index contributed by atoms with van der Waals surface area (Å²) in [4.78, 5) is 32.2. The zero-order valence-corrected chi connectivity index (χ0v) is 18.7. The molecule has 2 amide bonds. The third-order valence-corrected chi connectivity index (χ3v) is 5.46. The first-order valence-electron chi connectivity index (χ1n) is 10.1. The quantitative estimate of drug-likeness (QED) is 0.142. The summed E-state index contributed by atoms with van der Waals surface area (Å²) in [6.07, 6.45) is 0.706. The third kappa shape index (κ3) is 8.62. The fourth-order valence-electron chi connectivity index (χ4n) is 2.89. The van der Waals surface area contributed by atoms with Gasteiger partial charge in [-0.2, -0.15) is 0 Å². The number of rotatable bonds is 11. The van der Waals surface area contributed by atoms with E-state index in [0.717, 1.165) is 9.79 Å². The second-order valence-corrected chi connectivity index (χ2v) is 8.29. The Morgan fingerprint density at radius 1 is 1.12 bits per heavy atom. The van der Waals surface area contributed by atoms with Gasteiger partial charge in [0, 0.05) is 28.9 Å². The van der Waals surface area contributed by atoms with Crippen molar-refractivity contribution in [2.75, 3.05) is 20.1 Å². The highest BCUT2D eigenvalue weighted by molar-refractivity contribution is 7.99. The first kappa shape index (κ1) is 25.2. The Hall–Kier alpha value is -3.02. The van der Waals surface area contributed by atoms with E-state index in [1.54, 1.807) is 18.2 Å². The first-order chi connectivity index (χ1) is 15.3. The van der Waals surface area contributed by atoms with Crippen molar-refractivity contribution in [1.29, 1.82) is 0 Å². The van der Waals surface area contributed by atoms with E-state index in [-0.39, 0.29) is 24.8 Å². The number of carbonyl (C=O) groups excluding carboxylic acids is 2. The summed E-state index contributed by atoms with van der Waals surface area (Å²) in [6.45, 7) is 0.0726. The molecule has 0 fully saturated rings. The number of hydrogen-bond acceptors (Lipinski definition) is 6. The second kappa shape index (κ2) is 12.7. The van der Waals surface area contributed by atoms with Crippen molar-refractivity contribution in [2.45, 2.75) is 28.6 Å². The van der Waals surface area contributed by atoms with Crippen molar-refractivity contribution in [2.24, 2.45) is 16.5 Å². The van der Waals surface area contributed by atoms with Gasteiger partial charge in [-0.25, -0.2) is 0 Å². The minimum absolute atomic E-state index is 0.0542. The summed E-state index contributed by atoms with van der Waals surface area (Å²) in [5.41, 5.74) is 11.0. The summed E-state index contributed by atoms with van der Waals surface area (Å²) in [6, 6.07) is 17.0. The van der Waals surface area contributed by atoms with E-state index in [0.29, 0.717) is 18.5 Å². The molecule has 0 heterocycles. The molecule has 0 saturated heterocycles. The van der Waals surface area contributed by atoms with Crippen molar-refractivity contribution in [3.63, 3.8) is 0 Å². The molecule has 0 saturated carbocycles. The predicted octanol–water partition coefficient (Wildman–Crippen LogP) is 0.460. The zero-order chi connectivity index (χ0) is 23.5. The van der Waals surface area contributed by atoms with Gasteiger partial charge in [-0.15, -0.1) is 0 Å². The van der Waals surface area contributed by atoms with Gasteiger partial charge in [-0.05, 0) is 43.2 Å². The normalized spacial score (nSPS) is 11.3. The molecule has 170 valence electrons. The van der Waals surface area contributed by atoms with E-state index >= 15 is 0 Å². The third-order valence-electron chi connectivity index (χ3n) is 4.46. The average molecular weight is 457 g/mol. The van der Waals surface area contributed by atoms with Crippen LogP contribution in [0.5, 0.6) is 0 Å². The van der Waals surface area contributed by atoms with Crippen LogP contribution in [0.15, 0.2) is 69.4 Å². The standard InChI is InChI=1S/C21H28BN5O4S/c1-27(14-19(28)26-18(22(30)31)11-6-12-25-21(23)24)20(29)15-7-5-10-17(13-15)32-16-8-3-2-4-9-16/h2-5,7-10,13,18,30-31H,6,11-12,14H2,1H3,(H,26,28)(H4,23,24,25). The maximum atomic E-state index is 12.8. The number of nitrogens with two attached hydrogens (primary N) is 2. The van der Waals surface area contributed by atoms with Gasteiger partial charge < -0.3 is 31.7 Å². The van der Waals surface area contributed by atoms with Gasteiger partial charge in [0.15, 0.2) is 5.96 Å². The first-order valence-corrected chi connectivity index (χ1v) is 10.9. The summed E-state index contributed by atoms with van der Waals surface area (Å²) in [7, 11) is -0.229. The van der Waals surface area contributed by atoms with Crippen molar-refractivity contribution in [3.8, 4) is 0 Å². The lowest BCUT2D eigenvalue weighted by molar-refractivity contribution is -0.122. The van der Waals surface area contributed by atoms with Crippen LogP contribution < -0.4 is 16.8 Å². The van der Waals surface area contributed by atoms with Crippen LogP contribution >= 0.6 is 11.8 Å². The molecule has 2 aromatic rings. The van der Waals surface area contributed by atoms with Gasteiger partial charge >= 0.3 is 7.12 Å². The van der Waals surface area contributed by atoms with Crippen molar-refractivity contribution in [3.05, 3.63) is 60.2 Å². The van der Waals surface area contributed by atoms with Gasteiger partial charge in [-0.1, -0.05) is 36.0 Å². The summed E-state index contributed by atoms with van der Waals surface area (Å²) in [5, 5.41) is 21.6. The lowest BCUT2D eigenvalue weighted by atomic mass is 9.76. The van der Waals surface area contributed by atoms with E-state index < -0.39 is 19.0 Å². The number of nitrogens with zero attached hydrogens (tertiary/aromatic N) is 2. The van der Waals surface area contributed by atoms with Gasteiger partial charge in [-0.3, -0.25) is 14.6 Å². The fourth-order valence-corrected chi connectivity index (χ4v) is 3.79. The Morgan fingerprint density at radius 3 is 2.47 bits per heavy atom. The fraction of sp³-hybridized carbons (Fsp3) is 0.286. The molecular formula is C21H28BN5O4S. The second-order valence-electron chi connectivity index (χ2n) is 7.14. The molecule has 11 heteroatoms. The highest BCUT2D eigenvalue weighted by atomic mass is 32.2. The largest absolute Gasteiger partial charge is 0.475 e. The minimum Gasteiger partial charge on any atom is -0.426 e. The Morgan fingerprint density at radius 2 is 1.81 bits per heavy atom. The smallest absolute Gasteiger partial charge is 0.426 e. The molecule has 2 rings (SSSR count). The van der Waals surface area contributed by atoms with Gasteiger partial charge in [0.2, 0.25) is 5.91 Å². The molecule has 1 unspecified atom stereocenters. The number of likely N-dealkylation sites (N-methyl/N-ethyl adjacent to an activating group) is 1. The van der Waals surface area contributed by atoms with Crippen LogP contribution in [-0.2, 0) is 4.79 Å². The molecule has 0 spiro atoms. The van der Waals surface area contributed by atoms with E-state index in [1.165, 1.54) is 23.7 Å². The Labute approximate surface area is 192 Å². The van der Waals surface area contributed by atoms with Gasteiger partial charge in [0.1, 0.15) is 0 Å². The lowest BCUT2D eigenvalue weighted by Crippen LogP contribution is -2.49. The highest BCUT2D eigenvalue weighted by Crippen LogP contribution is 2.28. The summed E-state index contributed by atoms with van der Waals surface area (Å²) < 4.78 is 0. The monoisotopic (exact) mass is 457 g/mol. The molecule has 32 heavy (non-hydrogen) atoms. The Bertz CT molecular complexity index is 925. The SMILES string of the molecule is CN(CC(=O)NC(CCCN=C(N)N)B(O)O)C(=O)c1cccc(Sc2ccccc2)c1. The number of carbonyl (C=O) groups is 2. The summed E-state index contributed by atoms with van der Waals surface area (Å²) >= 11 is 1.54. The van der Waals surface area contributed by atoms with Crippen LogP contribution in [0, 0.1) is 0 Å². The van der Waals surface area contributed by atoms with Crippen molar-refractivity contribution in [1.82, 2.24) is 10.2 Å². The van der Waals surface area contributed by atoms with Crippen molar-refractivity contribution >= 4 is 36.7 Å². The number of amides is 2. The number of aliphatic imine (C=N–C) groups is 1. The molecule has 9 nitrogen and oxygen atoms in total. The molecule has 0 aliphatic carbocycles. The zero-order valence-electron chi connectivity index (χ0n) is 17.8. The van der Waals surface area contributed by atoms with Crippen LogP contribution in [0.4, 0.5) is 0 Å². The number of guanidine groups is 1. The van der Waals surface area contributed by atoms with Crippen LogP contribution in [0.2, 0.25) is 0 Å². The molecule has 0 aromatic heterocycles. The van der Waals surface area contributed by atoms with E-state index in [2.05, 4.69) is 10.3 Å². The van der Waals surface area contributed by atoms with Crippen molar-refractivity contribution < 1.29 is 19.6 Å². The maximum absolute atomic E-state index is 12.8. The molecule has 0 bridgehead atoms. The van der Waals surface area contributed by atoms with Crippen LogP contribution in [0.25, 0.3) is 0 Å². The molecule has 0 aliphatic heterocycles. The van der Waals surface area contributed by atoms with Gasteiger partial charge in [0.25, 0.3) is 5.91 Å². The molecule has 0 aliphatic rings. The van der Waals surface area contributed by atoms with E-state index in [9.17, 15) is 19.6 Å². The number of hydrogen-bond donors (Lipinski definition) is 5. The molecule has 7 N–H and O–H groups in total. The molecule has 2 aromatic carbocycles. The minimum atomic E-state index is -1.74. The van der Waals surface area contributed by atoms with Crippen LogP contribution in [0.1, 0.15) is 23.2 Å². The lowest BCUT2D eigenvalue weighted by Gasteiger charge is -2.21. The maximum Gasteiger partial charge on any atom is 0.475 e. The summed E-state index contributed by atoms with van der Waals surface area (Å²) in [5.74, 6) is -1.77. The van der Waals surface area contributed by atoms with E-state index in [4.69, 9.17) is 11.5 Å². The molecular weight excluding hydrogens is 429 g/mol. The number of benzene rings is 2. The topological polar surface area (TPSA) is 154 Å². The van der Waals surface area contributed by atoms with Crippen LogP contribution in [-0.4, -0.2) is 65.9 Å².